The Bertz CT molecular complexity index is 1230. The Morgan fingerprint density at radius 3 is 2.67 bits per heavy atom. The van der Waals surface area contributed by atoms with Gasteiger partial charge in [0.25, 0.3) is 11.5 Å². The second-order valence-corrected chi connectivity index (χ2v) is 7.71. The van der Waals surface area contributed by atoms with Crippen LogP contribution in [0.2, 0.25) is 0 Å². The number of carbonyl (C=O) groups is 2. The van der Waals surface area contributed by atoms with Crippen LogP contribution in [0.5, 0.6) is 0 Å². The summed E-state index contributed by atoms with van der Waals surface area (Å²) in [7, 11) is 1.60. The standard InChI is InChI=1S/C21H21N5O3S/c1-25-20(29)15-6-5-14(12-16(15)23-21(25)30)19(28)26-10-7-13(8-11-26)18(27)24-17-4-2-3-9-22-17/h2-6,9,12-13H,7-8,10-11H2,1H3,(H,23,30)(H,22,24,27). The normalized spacial score (nSPS) is 14.6. The van der Waals surface area contributed by atoms with E-state index in [1.54, 1.807) is 48.5 Å². The molecule has 3 aromatic rings. The number of amides is 2. The van der Waals surface area contributed by atoms with Gasteiger partial charge in [-0.2, -0.15) is 0 Å². The summed E-state index contributed by atoms with van der Waals surface area (Å²) in [5.41, 5.74) is 0.823. The molecule has 0 unspecified atom stereocenters. The zero-order chi connectivity index (χ0) is 21.3. The van der Waals surface area contributed by atoms with Crippen molar-refractivity contribution in [2.45, 2.75) is 12.8 Å². The molecule has 3 heterocycles. The summed E-state index contributed by atoms with van der Waals surface area (Å²) in [6.07, 6.45) is 2.80. The van der Waals surface area contributed by atoms with Crippen LogP contribution in [-0.4, -0.2) is 44.3 Å². The van der Waals surface area contributed by atoms with Crippen molar-refractivity contribution in [2.75, 3.05) is 18.4 Å². The highest BCUT2D eigenvalue weighted by atomic mass is 32.1. The van der Waals surface area contributed by atoms with Gasteiger partial charge in [-0.1, -0.05) is 6.07 Å². The Labute approximate surface area is 177 Å². The average molecular weight is 423 g/mol. The number of rotatable bonds is 3. The van der Waals surface area contributed by atoms with Gasteiger partial charge in [0.1, 0.15) is 5.82 Å². The van der Waals surface area contributed by atoms with Crippen LogP contribution in [-0.2, 0) is 11.8 Å². The maximum absolute atomic E-state index is 12.9. The smallest absolute Gasteiger partial charge is 0.261 e. The molecule has 1 aliphatic rings. The van der Waals surface area contributed by atoms with E-state index in [1.165, 1.54) is 4.57 Å². The zero-order valence-corrected chi connectivity index (χ0v) is 17.2. The first-order valence-electron chi connectivity index (χ1n) is 9.68. The van der Waals surface area contributed by atoms with Crippen LogP contribution >= 0.6 is 12.2 Å². The van der Waals surface area contributed by atoms with Gasteiger partial charge in [0.2, 0.25) is 5.91 Å². The van der Waals surface area contributed by atoms with E-state index in [1.807, 2.05) is 6.07 Å². The van der Waals surface area contributed by atoms with Gasteiger partial charge in [-0.05, 0) is 55.4 Å². The van der Waals surface area contributed by atoms with Gasteiger partial charge in [-0.25, -0.2) is 4.98 Å². The predicted octanol–water partition coefficient (Wildman–Crippen LogP) is 2.48. The van der Waals surface area contributed by atoms with Crippen LogP contribution in [0.4, 0.5) is 5.82 Å². The Hall–Kier alpha value is -3.33. The highest BCUT2D eigenvalue weighted by Crippen LogP contribution is 2.21. The maximum Gasteiger partial charge on any atom is 0.261 e. The molecule has 1 fully saturated rings. The van der Waals surface area contributed by atoms with E-state index in [-0.39, 0.29) is 23.3 Å². The molecular formula is C21H21N5O3S. The number of aromatic nitrogens is 3. The van der Waals surface area contributed by atoms with Gasteiger partial charge in [0.05, 0.1) is 10.9 Å². The van der Waals surface area contributed by atoms with Crippen molar-refractivity contribution in [2.24, 2.45) is 13.0 Å². The second kappa shape index (κ2) is 8.19. The van der Waals surface area contributed by atoms with Crippen LogP contribution in [0.25, 0.3) is 10.9 Å². The number of pyridine rings is 1. The number of piperidine rings is 1. The van der Waals surface area contributed by atoms with E-state index in [9.17, 15) is 14.4 Å². The molecular weight excluding hydrogens is 402 g/mol. The third-order valence-electron chi connectivity index (χ3n) is 5.42. The topological polar surface area (TPSA) is 100 Å². The largest absolute Gasteiger partial charge is 0.339 e. The molecule has 2 N–H and O–H groups in total. The fourth-order valence-electron chi connectivity index (χ4n) is 3.63. The Balaban J connectivity index is 1.44. The lowest BCUT2D eigenvalue weighted by Gasteiger charge is -2.31. The molecule has 2 amide bonds. The van der Waals surface area contributed by atoms with Crippen molar-refractivity contribution < 1.29 is 9.59 Å². The van der Waals surface area contributed by atoms with Crippen molar-refractivity contribution in [1.82, 2.24) is 19.4 Å². The molecule has 0 aliphatic carbocycles. The lowest BCUT2D eigenvalue weighted by Crippen LogP contribution is -2.41. The lowest BCUT2D eigenvalue weighted by atomic mass is 9.95. The second-order valence-electron chi connectivity index (χ2n) is 7.33. The molecule has 2 aromatic heterocycles. The highest BCUT2D eigenvalue weighted by molar-refractivity contribution is 7.71. The number of hydrogen-bond acceptors (Lipinski definition) is 5. The fraction of sp³-hybridized carbons (Fsp3) is 0.286. The summed E-state index contributed by atoms with van der Waals surface area (Å²) in [6.45, 7) is 0.980. The van der Waals surface area contributed by atoms with E-state index in [2.05, 4.69) is 15.3 Å². The summed E-state index contributed by atoms with van der Waals surface area (Å²) < 4.78 is 1.66. The summed E-state index contributed by atoms with van der Waals surface area (Å²) in [6, 6.07) is 10.3. The van der Waals surface area contributed by atoms with Gasteiger partial charge in [0.15, 0.2) is 4.77 Å². The zero-order valence-electron chi connectivity index (χ0n) is 16.4. The Kier molecular flexibility index (Phi) is 5.45. The van der Waals surface area contributed by atoms with Crippen LogP contribution in [0.1, 0.15) is 23.2 Å². The van der Waals surface area contributed by atoms with Crippen LogP contribution in [0, 0.1) is 10.7 Å². The summed E-state index contributed by atoms with van der Waals surface area (Å²) in [4.78, 5) is 46.5. The number of H-pyrrole nitrogens is 1. The quantitative estimate of drug-likeness (QED) is 0.631. The minimum absolute atomic E-state index is 0.0741. The van der Waals surface area contributed by atoms with Crippen molar-refractivity contribution >= 4 is 40.8 Å². The van der Waals surface area contributed by atoms with Crippen LogP contribution < -0.4 is 10.9 Å². The molecule has 0 spiro atoms. The van der Waals surface area contributed by atoms with Crippen LogP contribution in [0.3, 0.4) is 0 Å². The number of anilines is 1. The van der Waals surface area contributed by atoms with E-state index in [4.69, 9.17) is 12.2 Å². The van der Waals surface area contributed by atoms with Crippen molar-refractivity contribution in [3.8, 4) is 0 Å². The van der Waals surface area contributed by atoms with E-state index in [0.717, 1.165) is 0 Å². The third kappa shape index (κ3) is 3.88. The molecule has 1 aromatic carbocycles. The van der Waals surface area contributed by atoms with Gasteiger partial charge in [-0.3, -0.25) is 19.0 Å². The monoisotopic (exact) mass is 423 g/mol. The highest BCUT2D eigenvalue weighted by Gasteiger charge is 2.28. The lowest BCUT2D eigenvalue weighted by molar-refractivity contribution is -0.121. The Morgan fingerprint density at radius 2 is 1.97 bits per heavy atom. The van der Waals surface area contributed by atoms with Gasteiger partial charge in [0, 0.05) is 37.8 Å². The first-order valence-corrected chi connectivity index (χ1v) is 10.1. The number of fused-ring (bicyclic) bond motifs is 1. The fourth-order valence-corrected chi connectivity index (χ4v) is 3.82. The molecule has 1 aliphatic heterocycles. The van der Waals surface area contributed by atoms with Crippen molar-refractivity contribution in [1.29, 1.82) is 0 Å². The number of benzene rings is 1. The number of aromatic amines is 1. The molecule has 154 valence electrons. The average Bonchev–Trinajstić information content (AvgIpc) is 2.77. The van der Waals surface area contributed by atoms with E-state index < -0.39 is 0 Å². The first kappa shape index (κ1) is 20.0. The third-order valence-corrected chi connectivity index (χ3v) is 5.79. The molecule has 0 radical (unpaired) electrons. The van der Waals surface area contributed by atoms with Crippen LogP contribution in [0.15, 0.2) is 47.4 Å². The molecule has 4 rings (SSSR count). The van der Waals surface area contributed by atoms with Gasteiger partial charge >= 0.3 is 0 Å². The number of hydrogen-bond donors (Lipinski definition) is 2. The first-order chi connectivity index (χ1) is 14.4. The maximum atomic E-state index is 12.9. The number of carbonyl (C=O) groups excluding carboxylic acids is 2. The summed E-state index contributed by atoms with van der Waals surface area (Å²) in [5, 5.41) is 3.30. The number of nitrogens with one attached hydrogen (secondary N) is 2. The summed E-state index contributed by atoms with van der Waals surface area (Å²) in [5.74, 6) is 0.169. The molecule has 1 saturated heterocycles. The minimum atomic E-state index is -0.201. The number of likely N-dealkylation sites (tertiary alicyclic amines) is 1. The molecule has 0 atom stereocenters. The molecule has 8 nitrogen and oxygen atoms in total. The molecule has 30 heavy (non-hydrogen) atoms. The minimum Gasteiger partial charge on any atom is -0.339 e. The van der Waals surface area contributed by atoms with Crippen molar-refractivity contribution in [3.05, 3.63) is 63.3 Å². The van der Waals surface area contributed by atoms with Gasteiger partial charge in [-0.15, -0.1) is 0 Å². The van der Waals surface area contributed by atoms with Crippen molar-refractivity contribution in [3.63, 3.8) is 0 Å². The van der Waals surface area contributed by atoms with E-state index >= 15 is 0 Å². The summed E-state index contributed by atoms with van der Waals surface area (Å²) >= 11 is 5.16. The van der Waals surface area contributed by atoms with Gasteiger partial charge < -0.3 is 15.2 Å². The Morgan fingerprint density at radius 1 is 1.20 bits per heavy atom. The number of nitrogens with zero attached hydrogens (tertiary/aromatic N) is 3. The van der Waals surface area contributed by atoms with E-state index in [0.29, 0.717) is 53.0 Å². The predicted molar refractivity (Wildman–Crippen MR) is 116 cm³/mol. The molecule has 0 saturated carbocycles. The molecule has 0 bridgehead atoms. The molecule has 9 heteroatoms. The SMILES string of the molecule is Cn1c(=S)[nH]c2cc(C(=O)N3CCC(C(=O)Nc4ccccn4)CC3)ccc2c1=O.